The molecular formula is C10H24N2O2S2. The fourth-order valence-electron chi connectivity index (χ4n) is 1.18. The number of sulfonamides is 1. The van der Waals surface area contributed by atoms with Crippen molar-refractivity contribution in [2.24, 2.45) is 0 Å². The zero-order valence-electron chi connectivity index (χ0n) is 10.6. The number of hydrogen-bond donors (Lipinski definition) is 2. The van der Waals surface area contributed by atoms with Crippen LogP contribution >= 0.6 is 11.8 Å². The number of thioether (sulfide) groups is 1. The second kappa shape index (κ2) is 8.33. The lowest BCUT2D eigenvalue weighted by atomic mass is 10.4. The van der Waals surface area contributed by atoms with E-state index in [2.05, 4.69) is 17.0 Å². The predicted molar refractivity (Wildman–Crippen MR) is 72.5 cm³/mol. The Morgan fingerprint density at radius 3 is 2.38 bits per heavy atom. The molecule has 0 aromatic rings. The molecule has 98 valence electrons. The monoisotopic (exact) mass is 268 g/mol. The van der Waals surface area contributed by atoms with Gasteiger partial charge in [0.15, 0.2) is 0 Å². The molecule has 0 bridgehead atoms. The van der Waals surface area contributed by atoms with Crippen LogP contribution in [0.2, 0.25) is 0 Å². The highest BCUT2D eigenvalue weighted by Gasteiger charge is 2.21. The van der Waals surface area contributed by atoms with Crippen molar-refractivity contribution in [2.75, 3.05) is 24.6 Å². The molecule has 4 nitrogen and oxygen atoms in total. The van der Waals surface area contributed by atoms with Gasteiger partial charge in [-0.2, -0.15) is 11.8 Å². The van der Waals surface area contributed by atoms with E-state index in [0.717, 1.165) is 18.1 Å². The average molecular weight is 268 g/mol. The first-order valence-corrected chi connectivity index (χ1v) is 8.43. The second-order valence-corrected chi connectivity index (χ2v) is 7.29. The van der Waals surface area contributed by atoms with Gasteiger partial charge < -0.3 is 5.32 Å². The van der Waals surface area contributed by atoms with E-state index in [4.69, 9.17) is 0 Å². The summed E-state index contributed by atoms with van der Waals surface area (Å²) < 4.78 is 26.4. The van der Waals surface area contributed by atoms with Crippen LogP contribution in [0.4, 0.5) is 0 Å². The Labute approximate surface area is 104 Å². The Kier molecular flexibility index (Phi) is 8.45. The van der Waals surface area contributed by atoms with E-state index < -0.39 is 10.0 Å². The van der Waals surface area contributed by atoms with Gasteiger partial charge in [0.05, 0.1) is 5.25 Å². The largest absolute Gasteiger partial charge is 0.316 e. The van der Waals surface area contributed by atoms with Crippen LogP contribution in [-0.4, -0.2) is 44.3 Å². The Hall–Kier alpha value is 0.220. The molecule has 6 heteroatoms. The van der Waals surface area contributed by atoms with E-state index in [0.29, 0.717) is 6.54 Å². The summed E-state index contributed by atoms with van der Waals surface area (Å²) in [6.07, 6.45) is 0. The Bertz CT molecular complexity index is 268. The fraction of sp³-hybridized carbons (Fsp3) is 1.00. The third kappa shape index (κ3) is 6.73. The van der Waals surface area contributed by atoms with E-state index in [1.54, 1.807) is 18.7 Å². The number of hydrogen-bond acceptors (Lipinski definition) is 4. The molecule has 0 amide bonds. The molecule has 2 unspecified atom stereocenters. The summed E-state index contributed by atoms with van der Waals surface area (Å²) >= 11 is 1.74. The smallest absolute Gasteiger partial charge is 0.215 e. The maximum atomic E-state index is 11.8. The van der Waals surface area contributed by atoms with Gasteiger partial charge >= 0.3 is 0 Å². The molecule has 0 aliphatic rings. The van der Waals surface area contributed by atoms with Crippen LogP contribution in [-0.2, 0) is 10.0 Å². The standard InChI is InChI=1S/C10H24N2O2S2/c1-5-11-7-10(4)16(13,14)12-9(3)8-15-6-2/h9-12H,5-8H2,1-4H3. The zero-order chi connectivity index (χ0) is 12.6. The molecule has 0 saturated carbocycles. The molecule has 0 radical (unpaired) electrons. The van der Waals surface area contributed by atoms with Gasteiger partial charge in [-0.3, -0.25) is 0 Å². The van der Waals surface area contributed by atoms with Crippen molar-refractivity contribution in [1.29, 1.82) is 0 Å². The summed E-state index contributed by atoms with van der Waals surface area (Å²) in [4.78, 5) is 0. The molecule has 0 heterocycles. The molecule has 0 saturated heterocycles. The van der Waals surface area contributed by atoms with Crippen molar-refractivity contribution in [3.63, 3.8) is 0 Å². The molecule has 0 rings (SSSR count). The van der Waals surface area contributed by atoms with E-state index in [-0.39, 0.29) is 11.3 Å². The highest BCUT2D eigenvalue weighted by molar-refractivity contribution is 7.99. The maximum Gasteiger partial charge on any atom is 0.215 e. The average Bonchev–Trinajstić information content (AvgIpc) is 2.22. The van der Waals surface area contributed by atoms with Crippen molar-refractivity contribution < 1.29 is 8.42 Å². The Morgan fingerprint density at radius 1 is 1.25 bits per heavy atom. The predicted octanol–water partition coefficient (Wildman–Crippen LogP) is 1.05. The minimum atomic E-state index is -3.19. The van der Waals surface area contributed by atoms with Gasteiger partial charge in [-0.1, -0.05) is 13.8 Å². The van der Waals surface area contributed by atoms with Gasteiger partial charge in [0.25, 0.3) is 0 Å². The highest BCUT2D eigenvalue weighted by Crippen LogP contribution is 2.05. The van der Waals surface area contributed by atoms with Crippen LogP contribution in [0.1, 0.15) is 27.7 Å². The topological polar surface area (TPSA) is 58.2 Å². The lowest BCUT2D eigenvalue weighted by molar-refractivity contribution is 0.550. The molecule has 2 atom stereocenters. The summed E-state index contributed by atoms with van der Waals surface area (Å²) in [5.74, 6) is 1.84. The Balaban J connectivity index is 4.11. The van der Waals surface area contributed by atoms with Crippen LogP contribution in [0.15, 0.2) is 0 Å². The first-order valence-electron chi connectivity index (χ1n) is 5.73. The molecule has 0 aromatic heterocycles. The van der Waals surface area contributed by atoms with Gasteiger partial charge in [0.2, 0.25) is 10.0 Å². The fourth-order valence-corrected chi connectivity index (χ4v) is 3.17. The third-order valence-corrected chi connectivity index (χ3v) is 5.25. The molecule has 0 aromatic carbocycles. The van der Waals surface area contributed by atoms with Crippen LogP contribution in [0.5, 0.6) is 0 Å². The first-order chi connectivity index (χ1) is 7.44. The molecule has 16 heavy (non-hydrogen) atoms. The van der Waals surface area contributed by atoms with Crippen LogP contribution in [0.25, 0.3) is 0 Å². The summed E-state index contributed by atoms with van der Waals surface area (Å²) in [7, 11) is -3.19. The Morgan fingerprint density at radius 2 is 1.88 bits per heavy atom. The molecule has 0 spiro atoms. The molecule has 0 aliphatic heterocycles. The van der Waals surface area contributed by atoms with Gasteiger partial charge in [0, 0.05) is 18.3 Å². The summed E-state index contributed by atoms with van der Waals surface area (Å²) in [6.45, 7) is 8.96. The first kappa shape index (κ1) is 16.2. The van der Waals surface area contributed by atoms with Crippen LogP contribution in [0, 0.1) is 0 Å². The molecule has 0 fully saturated rings. The van der Waals surface area contributed by atoms with Crippen LogP contribution in [0.3, 0.4) is 0 Å². The second-order valence-electron chi connectivity index (χ2n) is 3.84. The normalized spacial score (nSPS) is 16.0. The van der Waals surface area contributed by atoms with E-state index >= 15 is 0 Å². The van der Waals surface area contributed by atoms with Gasteiger partial charge in [-0.25, -0.2) is 13.1 Å². The minimum absolute atomic E-state index is 0.000901. The molecule has 0 aliphatic carbocycles. The number of nitrogens with one attached hydrogen (secondary N) is 2. The highest BCUT2D eigenvalue weighted by atomic mass is 32.2. The van der Waals surface area contributed by atoms with E-state index in [9.17, 15) is 8.42 Å². The van der Waals surface area contributed by atoms with E-state index in [1.807, 2.05) is 13.8 Å². The summed E-state index contributed by atoms with van der Waals surface area (Å²) in [6, 6.07) is -0.000901. The van der Waals surface area contributed by atoms with Crippen molar-refractivity contribution in [3.8, 4) is 0 Å². The van der Waals surface area contributed by atoms with Gasteiger partial charge in [-0.05, 0) is 26.1 Å². The van der Waals surface area contributed by atoms with Crippen LogP contribution < -0.4 is 10.0 Å². The number of rotatable bonds is 9. The summed E-state index contributed by atoms with van der Waals surface area (Å²) in [5, 5.41) is 2.66. The molecule has 2 N–H and O–H groups in total. The van der Waals surface area contributed by atoms with Gasteiger partial charge in [0.1, 0.15) is 0 Å². The minimum Gasteiger partial charge on any atom is -0.316 e. The lowest BCUT2D eigenvalue weighted by Gasteiger charge is -2.18. The van der Waals surface area contributed by atoms with Crippen molar-refractivity contribution in [2.45, 2.75) is 39.0 Å². The van der Waals surface area contributed by atoms with Crippen molar-refractivity contribution in [1.82, 2.24) is 10.0 Å². The van der Waals surface area contributed by atoms with Crippen molar-refractivity contribution >= 4 is 21.8 Å². The van der Waals surface area contributed by atoms with E-state index in [1.165, 1.54) is 0 Å². The molecular weight excluding hydrogens is 244 g/mol. The quantitative estimate of drug-likeness (QED) is 0.656. The third-order valence-electron chi connectivity index (χ3n) is 2.15. The lowest BCUT2D eigenvalue weighted by Crippen LogP contribution is -2.43. The van der Waals surface area contributed by atoms with Crippen molar-refractivity contribution in [3.05, 3.63) is 0 Å². The SMILES string of the molecule is CCNCC(C)S(=O)(=O)NC(C)CSCC. The zero-order valence-corrected chi connectivity index (χ0v) is 12.2. The summed E-state index contributed by atoms with van der Waals surface area (Å²) in [5.41, 5.74) is 0. The maximum absolute atomic E-state index is 11.8. The van der Waals surface area contributed by atoms with Gasteiger partial charge in [-0.15, -0.1) is 0 Å².